The van der Waals surface area contributed by atoms with Gasteiger partial charge in [-0.2, -0.15) is 0 Å². The van der Waals surface area contributed by atoms with Crippen molar-refractivity contribution in [3.63, 3.8) is 0 Å². The van der Waals surface area contributed by atoms with Crippen LogP contribution in [0.15, 0.2) is 12.7 Å². The number of hydrogen-bond acceptors (Lipinski definition) is 2. The second-order valence-corrected chi connectivity index (χ2v) is 3.48. The fourth-order valence-electron chi connectivity index (χ4n) is 1.32. The maximum absolute atomic E-state index is 11.7. The Bertz CT molecular complexity index is 252. The van der Waals surface area contributed by atoms with Crippen LogP contribution in [0.3, 0.4) is 0 Å². The van der Waals surface area contributed by atoms with Gasteiger partial charge in [-0.15, -0.1) is 6.58 Å². The minimum absolute atomic E-state index is 0.0240. The predicted octanol–water partition coefficient (Wildman–Crippen LogP) is 1.06. The molecule has 1 rings (SSSR count). The van der Waals surface area contributed by atoms with Crippen molar-refractivity contribution in [1.82, 2.24) is 10.2 Å². The van der Waals surface area contributed by atoms with Crippen LogP contribution in [-0.4, -0.2) is 28.0 Å². The summed E-state index contributed by atoms with van der Waals surface area (Å²) in [5.74, 6) is 0.0555. The van der Waals surface area contributed by atoms with Crippen LogP contribution in [-0.2, 0) is 4.79 Å². The van der Waals surface area contributed by atoms with E-state index in [-0.39, 0.29) is 18.0 Å². The zero-order valence-electron chi connectivity index (χ0n) is 7.91. The highest BCUT2D eigenvalue weighted by Gasteiger charge is 2.35. The summed E-state index contributed by atoms with van der Waals surface area (Å²) >= 11 is 5.05. The maximum atomic E-state index is 11.7. The molecule has 1 heterocycles. The van der Waals surface area contributed by atoms with Crippen molar-refractivity contribution >= 4 is 23.2 Å². The third-order valence-corrected chi connectivity index (χ3v) is 2.52. The summed E-state index contributed by atoms with van der Waals surface area (Å²) in [5.41, 5.74) is 0. The standard InChI is InChI=1S/C9H14N2OS/c1-4-6(3)11-8(12)7(5-2)10-9(11)13/h4,6-7H,1,5H2,2-3H3,(H,10,13)/t6?,7-/m1/s1. The Kier molecular flexibility index (Phi) is 3.03. The molecule has 3 nitrogen and oxygen atoms in total. The van der Waals surface area contributed by atoms with Gasteiger partial charge in [-0.1, -0.05) is 13.0 Å². The Hall–Kier alpha value is -0.900. The monoisotopic (exact) mass is 198 g/mol. The molecule has 0 aliphatic carbocycles. The molecule has 72 valence electrons. The quantitative estimate of drug-likeness (QED) is 0.543. The minimum Gasteiger partial charge on any atom is -0.350 e. The van der Waals surface area contributed by atoms with E-state index in [2.05, 4.69) is 11.9 Å². The molecule has 2 atom stereocenters. The molecule has 1 N–H and O–H groups in total. The number of nitrogens with zero attached hydrogens (tertiary/aromatic N) is 1. The van der Waals surface area contributed by atoms with Gasteiger partial charge in [-0.3, -0.25) is 9.69 Å². The number of amides is 1. The lowest BCUT2D eigenvalue weighted by molar-refractivity contribution is -0.127. The first-order chi connectivity index (χ1) is 6.11. The Morgan fingerprint density at radius 1 is 1.85 bits per heavy atom. The van der Waals surface area contributed by atoms with Crippen molar-refractivity contribution in [3.05, 3.63) is 12.7 Å². The van der Waals surface area contributed by atoms with Gasteiger partial charge in [0.1, 0.15) is 6.04 Å². The molecule has 1 fully saturated rings. The van der Waals surface area contributed by atoms with Crippen molar-refractivity contribution in [2.24, 2.45) is 0 Å². The molecule has 0 aromatic heterocycles. The highest BCUT2D eigenvalue weighted by atomic mass is 32.1. The fourth-order valence-corrected chi connectivity index (χ4v) is 1.71. The number of hydrogen-bond donors (Lipinski definition) is 1. The minimum atomic E-state index is -0.144. The molecule has 0 aromatic carbocycles. The summed E-state index contributed by atoms with van der Waals surface area (Å²) in [6.45, 7) is 7.50. The largest absolute Gasteiger partial charge is 0.350 e. The number of carbonyl (C=O) groups excluding carboxylic acids is 1. The van der Waals surface area contributed by atoms with E-state index in [1.54, 1.807) is 11.0 Å². The summed E-state index contributed by atoms with van der Waals surface area (Å²) in [6, 6.07) is -0.168. The predicted molar refractivity (Wildman–Crippen MR) is 56.3 cm³/mol. The van der Waals surface area contributed by atoms with Crippen molar-refractivity contribution in [2.75, 3.05) is 0 Å². The number of rotatable bonds is 3. The zero-order chi connectivity index (χ0) is 10.0. The van der Waals surface area contributed by atoms with Gasteiger partial charge in [-0.05, 0) is 25.6 Å². The van der Waals surface area contributed by atoms with E-state index in [0.29, 0.717) is 5.11 Å². The molecule has 0 aromatic rings. The van der Waals surface area contributed by atoms with Crippen molar-refractivity contribution in [1.29, 1.82) is 0 Å². The molecule has 1 saturated heterocycles. The third kappa shape index (κ3) is 1.72. The molecule has 4 heteroatoms. The highest BCUT2D eigenvalue weighted by molar-refractivity contribution is 7.80. The molecular weight excluding hydrogens is 184 g/mol. The van der Waals surface area contributed by atoms with Gasteiger partial charge < -0.3 is 5.32 Å². The Balaban J connectivity index is 2.81. The van der Waals surface area contributed by atoms with Gasteiger partial charge in [0.05, 0.1) is 6.04 Å². The smallest absolute Gasteiger partial charge is 0.251 e. The number of carbonyl (C=O) groups is 1. The van der Waals surface area contributed by atoms with E-state index in [0.717, 1.165) is 6.42 Å². The first-order valence-electron chi connectivity index (χ1n) is 4.38. The average molecular weight is 198 g/mol. The van der Waals surface area contributed by atoms with E-state index < -0.39 is 0 Å². The van der Waals surface area contributed by atoms with E-state index in [9.17, 15) is 4.79 Å². The van der Waals surface area contributed by atoms with Gasteiger partial charge in [0.2, 0.25) is 0 Å². The van der Waals surface area contributed by atoms with Crippen LogP contribution in [0.1, 0.15) is 20.3 Å². The summed E-state index contributed by atoms with van der Waals surface area (Å²) in [4.78, 5) is 13.3. The lowest BCUT2D eigenvalue weighted by Crippen LogP contribution is -2.37. The first-order valence-corrected chi connectivity index (χ1v) is 4.78. The third-order valence-electron chi connectivity index (χ3n) is 2.21. The van der Waals surface area contributed by atoms with Crippen LogP contribution in [0.5, 0.6) is 0 Å². The molecule has 1 unspecified atom stereocenters. The molecule has 1 aliphatic heterocycles. The molecule has 0 spiro atoms. The zero-order valence-corrected chi connectivity index (χ0v) is 8.73. The number of nitrogens with one attached hydrogen (secondary N) is 1. The summed E-state index contributed by atoms with van der Waals surface area (Å²) in [7, 11) is 0. The van der Waals surface area contributed by atoms with Gasteiger partial charge in [0, 0.05) is 0 Å². The molecule has 0 radical (unpaired) electrons. The topological polar surface area (TPSA) is 32.3 Å². The molecule has 0 bridgehead atoms. The van der Waals surface area contributed by atoms with Crippen LogP contribution < -0.4 is 5.32 Å². The van der Waals surface area contributed by atoms with Crippen LogP contribution in [0.4, 0.5) is 0 Å². The fraction of sp³-hybridized carbons (Fsp3) is 0.556. The second-order valence-electron chi connectivity index (χ2n) is 3.09. The van der Waals surface area contributed by atoms with Crippen molar-refractivity contribution in [2.45, 2.75) is 32.4 Å². The molecular formula is C9H14N2OS. The Morgan fingerprint density at radius 2 is 2.46 bits per heavy atom. The molecule has 0 saturated carbocycles. The van der Waals surface area contributed by atoms with Crippen LogP contribution in [0.25, 0.3) is 0 Å². The molecule has 13 heavy (non-hydrogen) atoms. The van der Waals surface area contributed by atoms with Gasteiger partial charge in [0.15, 0.2) is 5.11 Å². The van der Waals surface area contributed by atoms with Gasteiger partial charge in [0.25, 0.3) is 5.91 Å². The Labute approximate surface area is 83.8 Å². The Morgan fingerprint density at radius 3 is 2.85 bits per heavy atom. The average Bonchev–Trinajstić information content (AvgIpc) is 2.40. The summed E-state index contributed by atoms with van der Waals surface area (Å²) < 4.78 is 0. The lowest BCUT2D eigenvalue weighted by atomic mass is 10.2. The SMILES string of the molecule is C=CC(C)N1C(=O)[C@@H](CC)NC1=S. The summed E-state index contributed by atoms with van der Waals surface area (Å²) in [6.07, 6.45) is 2.48. The maximum Gasteiger partial charge on any atom is 0.251 e. The van der Waals surface area contributed by atoms with E-state index in [1.165, 1.54) is 0 Å². The highest BCUT2D eigenvalue weighted by Crippen LogP contribution is 2.13. The van der Waals surface area contributed by atoms with Crippen LogP contribution in [0.2, 0.25) is 0 Å². The second kappa shape index (κ2) is 3.87. The van der Waals surface area contributed by atoms with Crippen molar-refractivity contribution in [3.8, 4) is 0 Å². The lowest BCUT2D eigenvalue weighted by Gasteiger charge is -2.19. The van der Waals surface area contributed by atoms with Crippen LogP contribution >= 0.6 is 12.2 Å². The van der Waals surface area contributed by atoms with E-state index in [1.807, 2.05) is 13.8 Å². The van der Waals surface area contributed by atoms with Gasteiger partial charge in [-0.25, -0.2) is 0 Å². The van der Waals surface area contributed by atoms with E-state index >= 15 is 0 Å². The molecule has 1 aliphatic rings. The summed E-state index contributed by atoms with van der Waals surface area (Å²) in [5, 5.41) is 3.50. The number of thiocarbonyl (C=S) groups is 1. The molecule has 1 amide bonds. The van der Waals surface area contributed by atoms with Crippen molar-refractivity contribution < 1.29 is 4.79 Å². The van der Waals surface area contributed by atoms with E-state index in [4.69, 9.17) is 12.2 Å². The van der Waals surface area contributed by atoms with Gasteiger partial charge >= 0.3 is 0 Å². The van der Waals surface area contributed by atoms with Crippen LogP contribution in [0, 0.1) is 0 Å². The normalized spacial score (nSPS) is 24.5. The first kappa shape index (κ1) is 10.2.